The van der Waals surface area contributed by atoms with Crippen LogP contribution in [0, 0.1) is 0 Å². The number of nitrogens with one attached hydrogen (secondary N) is 1. The van der Waals surface area contributed by atoms with E-state index in [-0.39, 0.29) is 18.4 Å². The molecule has 0 aliphatic carbocycles. The summed E-state index contributed by atoms with van der Waals surface area (Å²) in [6.07, 6.45) is 0. The highest BCUT2D eigenvalue weighted by atomic mass is 16.5. The van der Waals surface area contributed by atoms with Crippen LogP contribution in [0.1, 0.15) is 26.3 Å². The highest BCUT2D eigenvalue weighted by Gasteiger charge is 2.43. The van der Waals surface area contributed by atoms with Crippen LogP contribution in [0.25, 0.3) is 0 Å². The van der Waals surface area contributed by atoms with Gasteiger partial charge in [0.1, 0.15) is 5.54 Å². The molecule has 0 unspecified atom stereocenters. The van der Waals surface area contributed by atoms with Gasteiger partial charge in [-0.25, -0.2) is 0 Å². The van der Waals surface area contributed by atoms with Gasteiger partial charge in [-0.2, -0.15) is 0 Å². The van der Waals surface area contributed by atoms with Crippen molar-refractivity contribution in [1.82, 2.24) is 4.90 Å². The molecule has 2 amide bonds. The van der Waals surface area contributed by atoms with Crippen molar-refractivity contribution in [1.29, 1.82) is 0 Å². The minimum Gasteiger partial charge on any atom is -0.493 e. The van der Waals surface area contributed by atoms with Gasteiger partial charge in [-0.1, -0.05) is 18.2 Å². The standard InChI is InChI=1S/C23H29N3O4/c1-6-30-19-12-11-16(13-20(19)29-5)14-25(4)15-21(27)26-18-10-8-7-9-17(18)24-22(28)23(26,2)3/h7-13H,6,14-15H2,1-5H3,(H,24,28). The van der Waals surface area contributed by atoms with Crippen LogP contribution in [0.2, 0.25) is 0 Å². The summed E-state index contributed by atoms with van der Waals surface area (Å²) in [4.78, 5) is 29.3. The molecule has 1 aliphatic heterocycles. The Kier molecular flexibility index (Phi) is 6.31. The third kappa shape index (κ3) is 4.26. The second kappa shape index (κ2) is 8.75. The zero-order valence-electron chi connectivity index (χ0n) is 18.2. The highest BCUT2D eigenvalue weighted by Crippen LogP contribution is 2.36. The van der Waals surface area contributed by atoms with E-state index >= 15 is 0 Å². The summed E-state index contributed by atoms with van der Waals surface area (Å²) in [6.45, 7) is 6.72. The van der Waals surface area contributed by atoms with Crippen molar-refractivity contribution in [2.75, 3.05) is 37.5 Å². The Balaban J connectivity index is 1.76. The topological polar surface area (TPSA) is 71.1 Å². The second-order valence-electron chi connectivity index (χ2n) is 7.85. The van der Waals surface area contributed by atoms with Crippen molar-refractivity contribution in [2.45, 2.75) is 32.9 Å². The second-order valence-corrected chi connectivity index (χ2v) is 7.85. The molecule has 0 radical (unpaired) electrons. The van der Waals surface area contributed by atoms with Crippen LogP contribution in [-0.2, 0) is 16.1 Å². The number of hydrogen-bond donors (Lipinski definition) is 1. The Bertz CT molecular complexity index is 942. The Morgan fingerprint density at radius 2 is 1.90 bits per heavy atom. The van der Waals surface area contributed by atoms with E-state index in [2.05, 4.69) is 5.32 Å². The molecule has 2 aromatic rings. The molecular formula is C23H29N3O4. The lowest BCUT2D eigenvalue weighted by atomic mass is 9.96. The largest absolute Gasteiger partial charge is 0.493 e. The van der Waals surface area contributed by atoms with Crippen LogP contribution in [0.15, 0.2) is 42.5 Å². The van der Waals surface area contributed by atoms with Gasteiger partial charge in [0.15, 0.2) is 11.5 Å². The number of nitrogens with zero attached hydrogens (tertiary/aromatic N) is 2. The number of para-hydroxylation sites is 2. The molecule has 1 N–H and O–H groups in total. The number of anilines is 2. The van der Waals surface area contributed by atoms with Gasteiger partial charge in [0.2, 0.25) is 11.8 Å². The van der Waals surface area contributed by atoms with Gasteiger partial charge in [0, 0.05) is 6.54 Å². The number of carbonyl (C=O) groups excluding carboxylic acids is 2. The van der Waals surface area contributed by atoms with E-state index in [1.807, 2.05) is 55.3 Å². The molecule has 0 fully saturated rings. The maximum absolute atomic E-state index is 13.2. The number of ether oxygens (including phenoxy) is 2. The molecule has 160 valence electrons. The number of rotatable bonds is 7. The summed E-state index contributed by atoms with van der Waals surface area (Å²) in [5.41, 5.74) is 1.38. The molecule has 0 saturated heterocycles. The van der Waals surface area contributed by atoms with Gasteiger partial charge < -0.3 is 14.8 Å². The summed E-state index contributed by atoms with van der Waals surface area (Å²) in [6, 6.07) is 13.1. The first-order valence-electron chi connectivity index (χ1n) is 9.99. The first-order valence-corrected chi connectivity index (χ1v) is 9.99. The van der Waals surface area contributed by atoms with E-state index in [9.17, 15) is 9.59 Å². The fourth-order valence-corrected chi connectivity index (χ4v) is 3.65. The summed E-state index contributed by atoms with van der Waals surface area (Å²) >= 11 is 0. The number of carbonyl (C=O) groups is 2. The lowest BCUT2D eigenvalue weighted by molar-refractivity contribution is -0.127. The quantitative estimate of drug-likeness (QED) is 0.757. The SMILES string of the molecule is CCOc1ccc(CN(C)CC(=O)N2c3ccccc3NC(=O)C2(C)C)cc1OC. The Morgan fingerprint density at radius 1 is 1.17 bits per heavy atom. The van der Waals surface area contributed by atoms with Crippen LogP contribution in [-0.4, -0.2) is 49.6 Å². The molecule has 3 rings (SSSR count). The number of methoxy groups -OCH3 is 1. The average molecular weight is 412 g/mol. The molecular weight excluding hydrogens is 382 g/mol. The maximum atomic E-state index is 13.2. The van der Waals surface area contributed by atoms with Crippen molar-refractivity contribution in [3.63, 3.8) is 0 Å². The van der Waals surface area contributed by atoms with Gasteiger partial charge >= 0.3 is 0 Å². The van der Waals surface area contributed by atoms with Crippen LogP contribution in [0.3, 0.4) is 0 Å². The minimum absolute atomic E-state index is 0.136. The average Bonchev–Trinajstić information content (AvgIpc) is 2.69. The lowest BCUT2D eigenvalue weighted by Crippen LogP contribution is -2.60. The van der Waals surface area contributed by atoms with E-state index in [1.165, 1.54) is 0 Å². The highest BCUT2D eigenvalue weighted by molar-refractivity contribution is 6.14. The van der Waals surface area contributed by atoms with Crippen LogP contribution in [0.4, 0.5) is 11.4 Å². The molecule has 30 heavy (non-hydrogen) atoms. The zero-order valence-corrected chi connectivity index (χ0v) is 18.2. The van der Waals surface area contributed by atoms with Crippen molar-refractivity contribution in [3.05, 3.63) is 48.0 Å². The predicted octanol–water partition coefficient (Wildman–Crippen LogP) is 3.29. The molecule has 1 aliphatic rings. The Hall–Kier alpha value is -3.06. The molecule has 0 aromatic heterocycles. The van der Waals surface area contributed by atoms with Crippen molar-refractivity contribution in [3.8, 4) is 11.5 Å². The summed E-state index contributed by atoms with van der Waals surface area (Å²) in [7, 11) is 3.49. The van der Waals surface area contributed by atoms with Crippen molar-refractivity contribution >= 4 is 23.2 Å². The fraction of sp³-hybridized carbons (Fsp3) is 0.391. The number of fused-ring (bicyclic) bond motifs is 1. The Labute approximate surface area is 177 Å². The third-order valence-electron chi connectivity index (χ3n) is 5.14. The van der Waals surface area contributed by atoms with Crippen molar-refractivity contribution in [2.24, 2.45) is 0 Å². The van der Waals surface area contributed by atoms with Crippen molar-refractivity contribution < 1.29 is 19.1 Å². The zero-order chi connectivity index (χ0) is 21.9. The number of hydrogen-bond acceptors (Lipinski definition) is 5. The lowest BCUT2D eigenvalue weighted by Gasteiger charge is -2.42. The summed E-state index contributed by atoms with van der Waals surface area (Å²) < 4.78 is 11.0. The normalized spacial score (nSPS) is 14.9. The molecule has 1 heterocycles. The molecule has 0 spiro atoms. The van der Waals surface area contributed by atoms with E-state index in [0.717, 1.165) is 5.56 Å². The van der Waals surface area contributed by atoms with Crippen LogP contribution >= 0.6 is 0 Å². The number of amides is 2. The van der Waals surface area contributed by atoms with E-state index < -0.39 is 5.54 Å². The molecule has 0 bridgehead atoms. The van der Waals surface area contributed by atoms with Gasteiger partial charge in [-0.05, 0) is 57.6 Å². The Morgan fingerprint density at radius 3 is 2.60 bits per heavy atom. The minimum atomic E-state index is -0.978. The summed E-state index contributed by atoms with van der Waals surface area (Å²) in [5.74, 6) is 1.02. The predicted molar refractivity (Wildman–Crippen MR) is 117 cm³/mol. The first-order chi connectivity index (χ1) is 14.3. The monoisotopic (exact) mass is 411 g/mol. The number of likely N-dealkylation sites (N-methyl/N-ethyl adjacent to an activating group) is 1. The van der Waals surface area contributed by atoms with E-state index in [4.69, 9.17) is 9.47 Å². The van der Waals surface area contributed by atoms with E-state index in [1.54, 1.807) is 31.9 Å². The molecule has 0 atom stereocenters. The number of benzene rings is 2. The van der Waals surface area contributed by atoms with Crippen LogP contribution < -0.4 is 19.7 Å². The third-order valence-corrected chi connectivity index (χ3v) is 5.14. The molecule has 7 heteroatoms. The summed E-state index contributed by atoms with van der Waals surface area (Å²) in [5, 5.41) is 2.88. The van der Waals surface area contributed by atoms with Crippen LogP contribution in [0.5, 0.6) is 11.5 Å². The molecule has 7 nitrogen and oxygen atoms in total. The van der Waals surface area contributed by atoms with Gasteiger partial charge in [-0.3, -0.25) is 19.4 Å². The first kappa shape index (κ1) is 21.6. The van der Waals surface area contributed by atoms with E-state index in [0.29, 0.717) is 36.0 Å². The van der Waals surface area contributed by atoms with Gasteiger partial charge in [-0.15, -0.1) is 0 Å². The van der Waals surface area contributed by atoms with Gasteiger partial charge in [0.05, 0.1) is 31.6 Å². The molecule has 2 aromatic carbocycles. The maximum Gasteiger partial charge on any atom is 0.250 e. The van der Waals surface area contributed by atoms with Gasteiger partial charge in [0.25, 0.3) is 0 Å². The fourth-order valence-electron chi connectivity index (χ4n) is 3.65. The molecule has 0 saturated carbocycles. The smallest absolute Gasteiger partial charge is 0.250 e.